The van der Waals surface area contributed by atoms with E-state index in [1.54, 1.807) is 11.8 Å². The van der Waals surface area contributed by atoms with Crippen molar-refractivity contribution in [3.8, 4) is 5.88 Å². The molecule has 0 saturated carbocycles. The Morgan fingerprint density at radius 1 is 1.56 bits per heavy atom. The van der Waals surface area contributed by atoms with Crippen LogP contribution in [0.2, 0.25) is 0 Å². The van der Waals surface area contributed by atoms with Crippen LogP contribution in [0.3, 0.4) is 0 Å². The minimum absolute atomic E-state index is 0.0447. The van der Waals surface area contributed by atoms with Gasteiger partial charge < -0.3 is 20.5 Å². The predicted molar refractivity (Wildman–Crippen MR) is 66.2 cm³/mol. The van der Waals surface area contributed by atoms with Gasteiger partial charge in [0.05, 0.1) is 25.0 Å². The highest BCUT2D eigenvalue weighted by atomic mass is 16.5. The number of primary amides is 1. The number of carbonyl (C=O) groups excluding carboxylic acids is 1. The van der Waals surface area contributed by atoms with Crippen molar-refractivity contribution in [2.45, 2.75) is 13.5 Å². The first-order valence-electron chi connectivity index (χ1n) is 5.69. The summed E-state index contributed by atoms with van der Waals surface area (Å²) in [6, 6.07) is 0. The van der Waals surface area contributed by atoms with Crippen LogP contribution in [0.25, 0.3) is 0 Å². The quantitative estimate of drug-likeness (QED) is 0.602. The summed E-state index contributed by atoms with van der Waals surface area (Å²) in [4.78, 5) is 10.4. The van der Waals surface area contributed by atoms with E-state index in [-0.39, 0.29) is 6.61 Å². The molecule has 0 unspecified atom stereocenters. The van der Waals surface area contributed by atoms with Crippen molar-refractivity contribution < 1.29 is 14.3 Å². The average molecular weight is 256 g/mol. The van der Waals surface area contributed by atoms with E-state index in [9.17, 15) is 4.79 Å². The van der Waals surface area contributed by atoms with Gasteiger partial charge in [0.2, 0.25) is 11.8 Å². The zero-order chi connectivity index (χ0) is 13.5. The minimum atomic E-state index is -0.459. The summed E-state index contributed by atoms with van der Waals surface area (Å²) >= 11 is 0. The van der Waals surface area contributed by atoms with Crippen LogP contribution in [0.5, 0.6) is 5.88 Å². The third kappa shape index (κ3) is 4.01. The Kier molecular flexibility index (Phi) is 5.60. The van der Waals surface area contributed by atoms with Crippen LogP contribution < -0.4 is 15.8 Å². The molecule has 1 aromatic heterocycles. The van der Waals surface area contributed by atoms with Gasteiger partial charge in [0.1, 0.15) is 6.61 Å². The van der Waals surface area contributed by atoms with E-state index < -0.39 is 5.91 Å². The minimum Gasteiger partial charge on any atom is -0.481 e. The fourth-order valence-corrected chi connectivity index (χ4v) is 1.67. The molecule has 0 aliphatic rings. The second-order valence-corrected chi connectivity index (χ2v) is 3.89. The SMILES string of the molecule is COc1c(CNCCOCC(N)=O)c(C)nn1C. The number of rotatable bonds is 8. The van der Waals surface area contributed by atoms with Gasteiger partial charge in [0.25, 0.3) is 0 Å². The number of aromatic nitrogens is 2. The lowest BCUT2D eigenvalue weighted by atomic mass is 10.2. The summed E-state index contributed by atoms with van der Waals surface area (Å²) in [6.45, 7) is 3.60. The number of amides is 1. The first-order valence-corrected chi connectivity index (χ1v) is 5.69. The van der Waals surface area contributed by atoms with E-state index >= 15 is 0 Å². The number of hydrogen-bond acceptors (Lipinski definition) is 5. The van der Waals surface area contributed by atoms with Gasteiger partial charge in [-0.3, -0.25) is 4.79 Å². The highest BCUT2D eigenvalue weighted by molar-refractivity contribution is 5.74. The smallest absolute Gasteiger partial charge is 0.243 e. The van der Waals surface area contributed by atoms with Crippen LogP contribution in [-0.4, -0.2) is 42.6 Å². The number of nitrogens with zero attached hydrogens (tertiary/aromatic N) is 2. The number of methoxy groups -OCH3 is 1. The molecule has 0 bridgehead atoms. The maximum Gasteiger partial charge on any atom is 0.243 e. The Balaban J connectivity index is 2.33. The molecule has 7 nitrogen and oxygen atoms in total. The van der Waals surface area contributed by atoms with E-state index in [1.165, 1.54) is 0 Å². The van der Waals surface area contributed by atoms with Crippen molar-refractivity contribution in [3.63, 3.8) is 0 Å². The molecule has 0 atom stereocenters. The van der Waals surface area contributed by atoms with Gasteiger partial charge in [-0.25, -0.2) is 4.68 Å². The highest BCUT2D eigenvalue weighted by Gasteiger charge is 2.12. The fraction of sp³-hybridized carbons (Fsp3) is 0.636. The topological polar surface area (TPSA) is 91.4 Å². The van der Waals surface area contributed by atoms with Crippen molar-refractivity contribution in [1.82, 2.24) is 15.1 Å². The maximum absolute atomic E-state index is 10.4. The molecule has 3 N–H and O–H groups in total. The van der Waals surface area contributed by atoms with Gasteiger partial charge in [0, 0.05) is 20.1 Å². The number of carbonyl (C=O) groups is 1. The van der Waals surface area contributed by atoms with Gasteiger partial charge in [-0.15, -0.1) is 0 Å². The average Bonchev–Trinajstić information content (AvgIpc) is 2.57. The summed E-state index contributed by atoms with van der Waals surface area (Å²) < 4.78 is 12.0. The monoisotopic (exact) mass is 256 g/mol. The van der Waals surface area contributed by atoms with Crippen molar-refractivity contribution >= 4 is 5.91 Å². The molecular weight excluding hydrogens is 236 g/mol. The maximum atomic E-state index is 10.4. The van der Waals surface area contributed by atoms with Gasteiger partial charge in [-0.05, 0) is 6.92 Å². The largest absolute Gasteiger partial charge is 0.481 e. The van der Waals surface area contributed by atoms with E-state index in [2.05, 4.69) is 10.4 Å². The summed E-state index contributed by atoms with van der Waals surface area (Å²) in [5.41, 5.74) is 6.90. The van der Waals surface area contributed by atoms with Crippen molar-refractivity contribution in [2.75, 3.05) is 26.9 Å². The zero-order valence-electron chi connectivity index (χ0n) is 11.0. The second-order valence-electron chi connectivity index (χ2n) is 3.89. The van der Waals surface area contributed by atoms with Crippen LogP contribution in [0.15, 0.2) is 0 Å². The number of hydrogen-bond donors (Lipinski definition) is 2. The molecule has 7 heteroatoms. The van der Waals surface area contributed by atoms with Gasteiger partial charge in [-0.2, -0.15) is 5.10 Å². The Morgan fingerprint density at radius 2 is 2.28 bits per heavy atom. The Bertz CT molecular complexity index is 403. The molecule has 0 aliphatic heterocycles. The molecule has 102 valence electrons. The number of aryl methyl sites for hydroxylation is 2. The molecular formula is C11H20N4O3. The number of nitrogens with two attached hydrogens (primary N) is 1. The lowest BCUT2D eigenvalue weighted by molar-refractivity contribution is -0.122. The number of ether oxygens (including phenoxy) is 2. The summed E-state index contributed by atoms with van der Waals surface area (Å²) in [6.07, 6.45) is 0. The predicted octanol–water partition coefficient (Wildman–Crippen LogP) is -0.671. The van der Waals surface area contributed by atoms with Crippen LogP contribution in [0.4, 0.5) is 0 Å². The lowest BCUT2D eigenvalue weighted by Gasteiger charge is -2.07. The molecule has 0 radical (unpaired) electrons. The van der Waals surface area contributed by atoms with E-state index in [0.717, 1.165) is 17.1 Å². The van der Waals surface area contributed by atoms with Gasteiger partial charge in [0.15, 0.2) is 0 Å². The molecule has 1 amide bonds. The van der Waals surface area contributed by atoms with Crippen LogP contribution in [-0.2, 0) is 23.1 Å². The molecule has 0 saturated heterocycles. The molecule has 0 aliphatic carbocycles. The van der Waals surface area contributed by atoms with Crippen molar-refractivity contribution in [3.05, 3.63) is 11.3 Å². The molecule has 1 aromatic rings. The van der Waals surface area contributed by atoms with Crippen LogP contribution in [0, 0.1) is 6.92 Å². The molecule has 0 spiro atoms. The molecule has 1 rings (SSSR count). The van der Waals surface area contributed by atoms with Crippen LogP contribution in [0.1, 0.15) is 11.3 Å². The Hall–Kier alpha value is -1.60. The molecule has 1 heterocycles. The second kappa shape index (κ2) is 6.97. The van der Waals surface area contributed by atoms with E-state index in [4.69, 9.17) is 15.2 Å². The molecule has 0 fully saturated rings. The highest BCUT2D eigenvalue weighted by Crippen LogP contribution is 2.20. The standard InChI is InChI=1S/C11H20N4O3/c1-8-9(11(17-3)15(2)14-8)6-13-4-5-18-7-10(12)16/h13H,4-7H2,1-3H3,(H2,12,16). The Morgan fingerprint density at radius 3 is 2.89 bits per heavy atom. The Labute approximate surface area is 106 Å². The van der Waals surface area contributed by atoms with E-state index in [1.807, 2.05) is 14.0 Å². The first-order chi connectivity index (χ1) is 8.56. The van der Waals surface area contributed by atoms with Gasteiger partial charge in [-0.1, -0.05) is 0 Å². The van der Waals surface area contributed by atoms with Crippen molar-refractivity contribution in [2.24, 2.45) is 12.8 Å². The third-order valence-electron chi connectivity index (χ3n) is 2.45. The van der Waals surface area contributed by atoms with Crippen LogP contribution >= 0.6 is 0 Å². The molecule has 0 aromatic carbocycles. The number of nitrogens with one attached hydrogen (secondary N) is 1. The zero-order valence-corrected chi connectivity index (χ0v) is 11.0. The van der Waals surface area contributed by atoms with Crippen molar-refractivity contribution in [1.29, 1.82) is 0 Å². The first kappa shape index (κ1) is 14.5. The lowest BCUT2D eigenvalue weighted by Crippen LogP contribution is -2.24. The fourth-order valence-electron chi connectivity index (χ4n) is 1.67. The van der Waals surface area contributed by atoms with Gasteiger partial charge >= 0.3 is 0 Å². The normalized spacial score (nSPS) is 10.6. The van der Waals surface area contributed by atoms with E-state index in [0.29, 0.717) is 19.7 Å². The summed E-state index contributed by atoms with van der Waals surface area (Å²) in [5.74, 6) is 0.290. The third-order valence-corrected chi connectivity index (χ3v) is 2.45. The molecule has 18 heavy (non-hydrogen) atoms. The summed E-state index contributed by atoms with van der Waals surface area (Å²) in [7, 11) is 3.46. The summed E-state index contributed by atoms with van der Waals surface area (Å²) in [5, 5.41) is 7.47.